The predicted molar refractivity (Wildman–Crippen MR) is 151 cm³/mol. The third-order valence-corrected chi connectivity index (χ3v) is 7.55. The highest BCUT2D eigenvalue weighted by Gasteiger charge is 2.32. The molecule has 2 heterocycles. The van der Waals surface area contributed by atoms with Crippen LogP contribution < -0.4 is 5.32 Å². The first kappa shape index (κ1) is 27.0. The number of carbonyl (C=O) groups excluding carboxylic acids is 1. The van der Waals surface area contributed by atoms with E-state index in [-0.39, 0.29) is 24.7 Å². The normalized spacial score (nSPS) is 19.0. The van der Waals surface area contributed by atoms with E-state index in [4.69, 9.17) is 9.47 Å². The summed E-state index contributed by atoms with van der Waals surface area (Å²) >= 11 is 1.57. The molecule has 8 heteroatoms. The topological polar surface area (TPSA) is 93.6 Å². The van der Waals surface area contributed by atoms with Crippen LogP contribution in [0.2, 0.25) is 0 Å². The average Bonchev–Trinajstić information content (AvgIpc) is 2.99. The van der Waals surface area contributed by atoms with E-state index in [1.165, 1.54) is 6.92 Å². The minimum absolute atomic E-state index is 0.0103. The summed E-state index contributed by atoms with van der Waals surface area (Å²) in [7, 11) is 0. The van der Waals surface area contributed by atoms with E-state index in [1.54, 1.807) is 30.2 Å². The molecule has 0 aliphatic carbocycles. The van der Waals surface area contributed by atoms with E-state index in [2.05, 4.69) is 39.6 Å². The van der Waals surface area contributed by atoms with Gasteiger partial charge in [-0.15, -0.1) is 0 Å². The monoisotopic (exact) mass is 541 g/mol. The lowest BCUT2D eigenvalue weighted by atomic mass is 9.99. The predicted octanol–water partition coefficient (Wildman–Crippen LogP) is 5.61. The lowest BCUT2D eigenvalue weighted by Crippen LogP contribution is -2.31. The first-order valence-electron chi connectivity index (χ1n) is 12.9. The van der Waals surface area contributed by atoms with Crippen molar-refractivity contribution in [1.82, 2.24) is 15.3 Å². The van der Waals surface area contributed by atoms with E-state index in [1.807, 2.05) is 48.5 Å². The first-order chi connectivity index (χ1) is 19.1. The molecule has 1 amide bonds. The van der Waals surface area contributed by atoms with E-state index < -0.39 is 6.29 Å². The number of hydrogen-bond acceptors (Lipinski definition) is 7. The molecule has 1 fully saturated rings. The van der Waals surface area contributed by atoms with Gasteiger partial charge in [-0.3, -0.25) is 4.79 Å². The molecule has 4 aromatic rings. The number of benzene rings is 3. The second kappa shape index (κ2) is 13.0. The van der Waals surface area contributed by atoms with Gasteiger partial charge in [-0.2, -0.15) is 0 Å². The Kier molecular flexibility index (Phi) is 9.00. The molecule has 2 N–H and O–H groups in total. The summed E-state index contributed by atoms with van der Waals surface area (Å²) in [5, 5.41) is 13.0. The molecule has 0 saturated carbocycles. The van der Waals surface area contributed by atoms with Crippen LogP contribution in [-0.2, 0) is 27.4 Å². The molecular formula is C31H31N3O4S. The van der Waals surface area contributed by atoms with Crippen molar-refractivity contribution in [2.75, 3.05) is 5.75 Å². The number of ether oxygens (including phenoxy) is 2. The highest BCUT2D eigenvalue weighted by molar-refractivity contribution is 7.99. The van der Waals surface area contributed by atoms with Crippen molar-refractivity contribution in [2.24, 2.45) is 0 Å². The number of nitrogens with one attached hydrogen (secondary N) is 1. The maximum absolute atomic E-state index is 11.3. The van der Waals surface area contributed by atoms with E-state index in [0.29, 0.717) is 18.7 Å². The molecule has 3 unspecified atom stereocenters. The van der Waals surface area contributed by atoms with Gasteiger partial charge < -0.3 is 19.9 Å². The summed E-state index contributed by atoms with van der Waals surface area (Å²) in [6.45, 7) is 2.03. The van der Waals surface area contributed by atoms with Crippen LogP contribution in [0.5, 0.6) is 0 Å². The van der Waals surface area contributed by atoms with Crippen LogP contribution in [0, 0.1) is 0 Å². The van der Waals surface area contributed by atoms with Crippen molar-refractivity contribution < 1.29 is 19.4 Å². The third kappa shape index (κ3) is 7.30. The second-order valence-corrected chi connectivity index (χ2v) is 10.4. The SMILES string of the molecule is CC(=O)NCc1cccc(-c2ccc(C3OC(CSc4ncccn4)CC(c4ccc(CO)cc4)O3)cc2)c1. The lowest BCUT2D eigenvalue weighted by Gasteiger charge is -2.36. The Morgan fingerprint density at radius 3 is 2.38 bits per heavy atom. The number of aliphatic hydroxyl groups is 1. The summed E-state index contributed by atoms with van der Waals surface area (Å²) in [5.74, 6) is 0.654. The Hall–Kier alpha value is -3.56. The molecule has 0 radical (unpaired) electrons. The number of nitrogens with zero attached hydrogens (tertiary/aromatic N) is 2. The molecular weight excluding hydrogens is 510 g/mol. The zero-order valence-corrected chi connectivity index (χ0v) is 22.5. The van der Waals surface area contributed by atoms with Crippen LogP contribution in [0.3, 0.4) is 0 Å². The van der Waals surface area contributed by atoms with Crippen LogP contribution in [-0.4, -0.2) is 32.8 Å². The molecule has 1 aliphatic rings. The number of hydrogen-bond donors (Lipinski definition) is 2. The maximum atomic E-state index is 11.3. The molecule has 5 rings (SSSR count). The van der Waals surface area contributed by atoms with Crippen LogP contribution in [0.15, 0.2) is 96.4 Å². The van der Waals surface area contributed by atoms with Crippen molar-refractivity contribution in [2.45, 2.75) is 50.2 Å². The van der Waals surface area contributed by atoms with Gasteiger partial charge in [0.25, 0.3) is 0 Å². The van der Waals surface area contributed by atoms with Gasteiger partial charge >= 0.3 is 0 Å². The van der Waals surface area contributed by atoms with Gasteiger partial charge in [0, 0.05) is 43.6 Å². The van der Waals surface area contributed by atoms with Crippen molar-refractivity contribution in [3.63, 3.8) is 0 Å². The quantitative estimate of drug-likeness (QED) is 0.210. The van der Waals surface area contributed by atoms with Gasteiger partial charge in [-0.25, -0.2) is 9.97 Å². The van der Waals surface area contributed by atoms with Gasteiger partial charge in [0.15, 0.2) is 11.4 Å². The van der Waals surface area contributed by atoms with Crippen molar-refractivity contribution >= 4 is 17.7 Å². The number of aromatic nitrogens is 2. The van der Waals surface area contributed by atoms with Gasteiger partial charge in [-0.05, 0) is 39.9 Å². The fourth-order valence-electron chi connectivity index (χ4n) is 4.47. The molecule has 39 heavy (non-hydrogen) atoms. The van der Waals surface area contributed by atoms with Crippen molar-refractivity contribution in [1.29, 1.82) is 0 Å². The second-order valence-electron chi connectivity index (χ2n) is 9.42. The maximum Gasteiger partial charge on any atom is 0.217 e. The molecule has 1 aromatic heterocycles. The standard InChI is InChI=1S/C31H31N3O4S/c1-21(36)34-18-23-4-2-5-27(16-23)24-10-12-26(13-11-24)30-37-28(20-39-31-32-14-3-15-33-31)17-29(38-30)25-8-6-22(19-35)7-9-25/h2-16,28-30,35H,17-20H2,1H3,(H,34,36). The lowest BCUT2D eigenvalue weighted by molar-refractivity contribution is -0.245. The van der Waals surface area contributed by atoms with E-state index in [9.17, 15) is 9.90 Å². The number of carbonyl (C=O) groups is 1. The average molecular weight is 542 g/mol. The minimum atomic E-state index is -0.524. The molecule has 0 bridgehead atoms. The van der Waals surface area contributed by atoms with Gasteiger partial charge in [0.05, 0.1) is 18.8 Å². The zero-order valence-electron chi connectivity index (χ0n) is 21.7. The Morgan fingerprint density at radius 1 is 0.923 bits per heavy atom. The summed E-state index contributed by atoms with van der Waals surface area (Å²) in [5.41, 5.74) is 6.06. The third-order valence-electron chi connectivity index (χ3n) is 6.54. The number of aliphatic hydroxyl groups excluding tert-OH is 1. The molecule has 1 saturated heterocycles. The molecule has 3 atom stereocenters. The fraction of sp³-hybridized carbons (Fsp3) is 0.258. The summed E-state index contributed by atoms with van der Waals surface area (Å²) < 4.78 is 12.9. The summed E-state index contributed by atoms with van der Waals surface area (Å²) in [4.78, 5) is 19.9. The van der Waals surface area contributed by atoms with E-state index in [0.717, 1.165) is 38.5 Å². The van der Waals surface area contributed by atoms with Crippen LogP contribution >= 0.6 is 11.8 Å². The van der Waals surface area contributed by atoms with Gasteiger partial charge in [0.2, 0.25) is 5.91 Å². The fourth-order valence-corrected chi connectivity index (χ4v) is 5.29. The minimum Gasteiger partial charge on any atom is -0.392 e. The van der Waals surface area contributed by atoms with Crippen molar-refractivity contribution in [3.05, 3.63) is 114 Å². The molecule has 1 aliphatic heterocycles. The molecule has 3 aromatic carbocycles. The van der Waals surface area contributed by atoms with Crippen LogP contribution in [0.4, 0.5) is 0 Å². The van der Waals surface area contributed by atoms with E-state index >= 15 is 0 Å². The smallest absolute Gasteiger partial charge is 0.217 e. The summed E-state index contributed by atoms with van der Waals surface area (Å²) in [6, 6.07) is 26.1. The van der Waals surface area contributed by atoms with Gasteiger partial charge in [-0.1, -0.05) is 78.5 Å². The van der Waals surface area contributed by atoms with Crippen LogP contribution in [0.25, 0.3) is 11.1 Å². The Labute approximate surface area is 232 Å². The van der Waals surface area contributed by atoms with Crippen LogP contribution in [0.1, 0.15) is 48.0 Å². The molecule has 7 nitrogen and oxygen atoms in total. The largest absolute Gasteiger partial charge is 0.392 e. The number of thioether (sulfide) groups is 1. The van der Waals surface area contributed by atoms with Gasteiger partial charge in [0.1, 0.15) is 0 Å². The highest BCUT2D eigenvalue weighted by atomic mass is 32.2. The van der Waals surface area contributed by atoms with Crippen molar-refractivity contribution in [3.8, 4) is 11.1 Å². The summed E-state index contributed by atoms with van der Waals surface area (Å²) in [6.07, 6.45) is 3.45. The Morgan fingerprint density at radius 2 is 1.67 bits per heavy atom. The first-order valence-corrected chi connectivity index (χ1v) is 13.9. The zero-order chi connectivity index (χ0) is 27.0. The Balaban J connectivity index is 1.33. The number of amides is 1. The highest BCUT2D eigenvalue weighted by Crippen LogP contribution is 2.39. The number of rotatable bonds is 9. The molecule has 0 spiro atoms. The Bertz CT molecular complexity index is 1370. The molecule has 200 valence electrons.